The number of anilines is 1. The fourth-order valence-electron chi connectivity index (χ4n) is 2.05. The fraction of sp³-hybridized carbons (Fsp3) is 0.143. The van der Waals surface area contributed by atoms with Crippen LogP contribution in [0.5, 0.6) is 0 Å². The van der Waals surface area contributed by atoms with Crippen molar-refractivity contribution in [1.82, 2.24) is 4.98 Å². The van der Waals surface area contributed by atoms with Crippen molar-refractivity contribution in [2.24, 2.45) is 0 Å². The highest BCUT2D eigenvalue weighted by atomic mass is 16.4. The van der Waals surface area contributed by atoms with Gasteiger partial charge in [0.25, 0.3) is 0 Å². The van der Waals surface area contributed by atoms with Crippen LogP contribution in [0.4, 0.5) is 5.82 Å². The van der Waals surface area contributed by atoms with Crippen LogP contribution in [0.2, 0.25) is 0 Å². The highest BCUT2D eigenvalue weighted by Crippen LogP contribution is 2.23. The van der Waals surface area contributed by atoms with Gasteiger partial charge in [-0.3, -0.25) is 0 Å². The largest absolute Gasteiger partial charge is 0.478 e. The lowest BCUT2D eigenvalue weighted by atomic mass is 10.2. The number of carboxylic acid groups (broad SMARTS) is 1. The predicted octanol–water partition coefficient (Wildman–Crippen LogP) is 3.04. The molecule has 3 rings (SSSR count). The Morgan fingerprint density at radius 1 is 1.45 bits per heavy atom. The number of carbonyl (C=O) groups is 1. The standard InChI is InChI=1S/C14H12N2O4/c1-8-11(14(17)18)6-9(20-8)7-16-13-10-3-5-19-12(10)2-4-15-13/h2-6H,7H2,1H3,(H,15,16)(H,17,18). The Balaban J connectivity index is 1.81. The molecule has 0 amide bonds. The van der Waals surface area contributed by atoms with Gasteiger partial charge in [0.2, 0.25) is 0 Å². The van der Waals surface area contributed by atoms with Crippen LogP contribution in [-0.2, 0) is 6.54 Å². The summed E-state index contributed by atoms with van der Waals surface area (Å²) >= 11 is 0. The molecule has 0 spiro atoms. The van der Waals surface area contributed by atoms with Crippen LogP contribution in [0.1, 0.15) is 21.9 Å². The highest BCUT2D eigenvalue weighted by molar-refractivity contribution is 5.89. The second-order valence-electron chi connectivity index (χ2n) is 4.33. The number of rotatable bonds is 4. The van der Waals surface area contributed by atoms with Crippen molar-refractivity contribution in [2.45, 2.75) is 13.5 Å². The van der Waals surface area contributed by atoms with Gasteiger partial charge < -0.3 is 19.3 Å². The number of carboxylic acids is 1. The average Bonchev–Trinajstić information content (AvgIpc) is 3.02. The summed E-state index contributed by atoms with van der Waals surface area (Å²) in [6.07, 6.45) is 3.24. The maximum absolute atomic E-state index is 10.9. The number of nitrogens with one attached hydrogen (secondary N) is 1. The summed E-state index contributed by atoms with van der Waals surface area (Å²) in [6.45, 7) is 1.98. The molecule has 0 saturated heterocycles. The van der Waals surface area contributed by atoms with Crippen molar-refractivity contribution < 1.29 is 18.7 Å². The van der Waals surface area contributed by atoms with Crippen molar-refractivity contribution in [3.8, 4) is 0 Å². The molecule has 3 heterocycles. The molecule has 0 aliphatic heterocycles. The minimum absolute atomic E-state index is 0.177. The molecular formula is C14H12N2O4. The zero-order chi connectivity index (χ0) is 14.1. The molecule has 102 valence electrons. The maximum Gasteiger partial charge on any atom is 0.339 e. The van der Waals surface area contributed by atoms with Gasteiger partial charge >= 0.3 is 5.97 Å². The summed E-state index contributed by atoms with van der Waals surface area (Å²) in [4.78, 5) is 15.2. The summed E-state index contributed by atoms with van der Waals surface area (Å²) in [6, 6.07) is 5.11. The van der Waals surface area contributed by atoms with Gasteiger partial charge in [-0.2, -0.15) is 0 Å². The van der Waals surface area contributed by atoms with E-state index in [1.807, 2.05) is 6.07 Å². The molecular weight excluding hydrogens is 260 g/mol. The first kappa shape index (κ1) is 12.3. The summed E-state index contributed by atoms with van der Waals surface area (Å²) in [5.74, 6) is 0.612. The zero-order valence-corrected chi connectivity index (χ0v) is 10.7. The topological polar surface area (TPSA) is 88.5 Å². The molecule has 3 aromatic heterocycles. The van der Waals surface area contributed by atoms with Gasteiger partial charge in [-0.05, 0) is 25.1 Å². The van der Waals surface area contributed by atoms with Gasteiger partial charge in [0, 0.05) is 6.20 Å². The summed E-state index contributed by atoms with van der Waals surface area (Å²) in [7, 11) is 0. The van der Waals surface area contributed by atoms with Gasteiger partial charge in [0.1, 0.15) is 28.5 Å². The van der Waals surface area contributed by atoms with E-state index >= 15 is 0 Å². The third-order valence-electron chi connectivity index (χ3n) is 3.01. The van der Waals surface area contributed by atoms with Gasteiger partial charge in [-0.25, -0.2) is 9.78 Å². The maximum atomic E-state index is 10.9. The summed E-state index contributed by atoms with van der Waals surface area (Å²) in [5.41, 5.74) is 0.917. The average molecular weight is 272 g/mol. The van der Waals surface area contributed by atoms with E-state index in [-0.39, 0.29) is 5.56 Å². The molecule has 0 bridgehead atoms. The molecule has 6 nitrogen and oxygen atoms in total. The van der Waals surface area contributed by atoms with Gasteiger partial charge in [0.15, 0.2) is 0 Å². The van der Waals surface area contributed by atoms with Crippen LogP contribution in [-0.4, -0.2) is 16.1 Å². The Bertz CT molecular complexity index is 772. The predicted molar refractivity (Wildman–Crippen MR) is 71.7 cm³/mol. The van der Waals surface area contributed by atoms with Gasteiger partial charge in [0.05, 0.1) is 18.2 Å². The van der Waals surface area contributed by atoms with Crippen LogP contribution in [0, 0.1) is 6.92 Å². The van der Waals surface area contributed by atoms with Crippen molar-refractivity contribution >= 4 is 22.8 Å². The van der Waals surface area contributed by atoms with Crippen molar-refractivity contribution in [3.63, 3.8) is 0 Å². The molecule has 3 aromatic rings. The van der Waals surface area contributed by atoms with E-state index in [1.54, 1.807) is 25.5 Å². The minimum atomic E-state index is -0.993. The monoisotopic (exact) mass is 272 g/mol. The lowest BCUT2D eigenvalue weighted by Gasteiger charge is -2.03. The molecule has 0 aliphatic rings. The number of hydrogen-bond acceptors (Lipinski definition) is 5. The molecule has 2 N–H and O–H groups in total. The molecule has 6 heteroatoms. The van der Waals surface area contributed by atoms with E-state index in [0.29, 0.717) is 23.9 Å². The summed E-state index contributed by atoms with van der Waals surface area (Å²) in [5, 5.41) is 13.0. The molecule has 0 atom stereocenters. The Morgan fingerprint density at radius 2 is 2.30 bits per heavy atom. The Kier molecular flexibility index (Phi) is 2.90. The molecule has 0 fully saturated rings. The van der Waals surface area contributed by atoms with Crippen LogP contribution in [0.25, 0.3) is 11.0 Å². The number of fused-ring (bicyclic) bond motifs is 1. The number of nitrogens with zero attached hydrogens (tertiary/aromatic N) is 1. The molecule has 20 heavy (non-hydrogen) atoms. The number of aromatic nitrogens is 1. The highest BCUT2D eigenvalue weighted by Gasteiger charge is 2.14. The van der Waals surface area contributed by atoms with Crippen LogP contribution in [0.3, 0.4) is 0 Å². The van der Waals surface area contributed by atoms with E-state index in [2.05, 4.69) is 10.3 Å². The van der Waals surface area contributed by atoms with Gasteiger partial charge in [-0.1, -0.05) is 0 Å². The SMILES string of the molecule is Cc1oc(CNc2nccc3occc23)cc1C(=O)O. The molecule has 0 unspecified atom stereocenters. The smallest absolute Gasteiger partial charge is 0.339 e. The number of aromatic carboxylic acids is 1. The van der Waals surface area contributed by atoms with E-state index in [4.69, 9.17) is 13.9 Å². The van der Waals surface area contributed by atoms with Crippen molar-refractivity contribution in [1.29, 1.82) is 0 Å². The first-order chi connectivity index (χ1) is 9.65. The van der Waals surface area contributed by atoms with E-state index in [9.17, 15) is 4.79 Å². The van der Waals surface area contributed by atoms with E-state index < -0.39 is 5.97 Å². The first-order valence-electron chi connectivity index (χ1n) is 6.04. The third kappa shape index (κ3) is 2.11. The second kappa shape index (κ2) is 4.73. The Labute approximate surface area is 114 Å². The van der Waals surface area contributed by atoms with Crippen LogP contribution < -0.4 is 5.32 Å². The van der Waals surface area contributed by atoms with E-state index in [1.165, 1.54) is 6.07 Å². The lowest BCUT2D eigenvalue weighted by Crippen LogP contribution is -2.00. The molecule has 0 saturated carbocycles. The Morgan fingerprint density at radius 3 is 3.05 bits per heavy atom. The van der Waals surface area contributed by atoms with E-state index in [0.717, 1.165) is 11.0 Å². The zero-order valence-electron chi connectivity index (χ0n) is 10.7. The third-order valence-corrected chi connectivity index (χ3v) is 3.01. The minimum Gasteiger partial charge on any atom is -0.478 e. The van der Waals surface area contributed by atoms with Gasteiger partial charge in [-0.15, -0.1) is 0 Å². The summed E-state index contributed by atoms with van der Waals surface area (Å²) < 4.78 is 10.7. The lowest BCUT2D eigenvalue weighted by molar-refractivity contribution is 0.0695. The molecule has 0 aromatic carbocycles. The normalized spacial score (nSPS) is 10.8. The Hall–Kier alpha value is -2.76. The molecule has 0 aliphatic carbocycles. The van der Waals surface area contributed by atoms with Crippen LogP contribution >= 0.6 is 0 Å². The fourth-order valence-corrected chi connectivity index (χ4v) is 2.05. The first-order valence-corrected chi connectivity index (χ1v) is 6.04. The molecule has 0 radical (unpaired) electrons. The van der Waals surface area contributed by atoms with Crippen molar-refractivity contribution in [3.05, 3.63) is 47.7 Å². The number of hydrogen-bond donors (Lipinski definition) is 2. The van der Waals surface area contributed by atoms with Crippen LogP contribution in [0.15, 0.2) is 39.5 Å². The van der Waals surface area contributed by atoms with Crippen molar-refractivity contribution in [2.75, 3.05) is 5.32 Å². The number of pyridine rings is 1. The number of aryl methyl sites for hydroxylation is 1. The quantitative estimate of drug-likeness (QED) is 0.758. The second-order valence-corrected chi connectivity index (χ2v) is 4.33. The number of furan rings is 2.